The van der Waals surface area contributed by atoms with Crippen LogP contribution in [0.1, 0.15) is 42.2 Å². The van der Waals surface area contributed by atoms with Gasteiger partial charge in [0.2, 0.25) is 11.8 Å². The maximum absolute atomic E-state index is 12.2. The Morgan fingerprint density at radius 2 is 2.39 bits per heavy atom. The molecule has 0 unspecified atom stereocenters. The van der Waals surface area contributed by atoms with Gasteiger partial charge < -0.3 is 19.7 Å². The number of amides is 1. The molecule has 0 aliphatic carbocycles. The molecule has 1 aliphatic rings. The van der Waals surface area contributed by atoms with Crippen molar-refractivity contribution < 1.29 is 19.2 Å². The fourth-order valence-electron chi connectivity index (χ4n) is 3.00. The summed E-state index contributed by atoms with van der Waals surface area (Å²) in [6.07, 6.45) is 4.99. The summed E-state index contributed by atoms with van der Waals surface area (Å²) in [7, 11) is -1.18. The van der Waals surface area contributed by atoms with Crippen LogP contribution >= 0.6 is 11.3 Å². The van der Waals surface area contributed by atoms with Crippen LogP contribution in [-0.2, 0) is 22.4 Å². The maximum atomic E-state index is 12.2. The van der Waals surface area contributed by atoms with E-state index in [4.69, 9.17) is 14.8 Å². The quantitative estimate of drug-likeness (QED) is 0.273. The fourth-order valence-corrected chi connectivity index (χ4v) is 3.60. The lowest BCUT2D eigenvalue weighted by molar-refractivity contribution is -0.121. The third kappa shape index (κ3) is 5.11. The van der Waals surface area contributed by atoms with Gasteiger partial charge in [-0.25, -0.2) is 0 Å². The van der Waals surface area contributed by atoms with Crippen LogP contribution in [-0.4, -0.2) is 41.5 Å². The Balaban J connectivity index is 1.61. The van der Waals surface area contributed by atoms with Gasteiger partial charge in [-0.15, -0.1) is 11.3 Å². The number of fused-ring (bicyclic) bond motifs is 1. The smallest absolute Gasteiger partial charge is 0.534 e. The molecule has 0 radical (unpaired) electrons. The summed E-state index contributed by atoms with van der Waals surface area (Å²) in [6.45, 7) is 2.53. The van der Waals surface area contributed by atoms with Crippen LogP contribution in [0.4, 0.5) is 0 Å². The van der Waals surface area contributed by atoms with Crippen LogP contribution in [0.5, 0.6) is 5.75 Å². The minimum atomic E-state index is -1.18. The summed E-state index contributed by atoms with van der Waals surface area (Å²) < 4.78 is 11.1. The molecule has 148 valence electrons. The number of benzene rings is 1. The third-order valence-electron chi connectivity index (χ3n) is 4.54. The predicted molar refractivity (Wildman–Crippen MR) is 109 cm³/mol. The van der Waals surface area contributed by atoms with E-state index in [1.807, 2.05) is 12.1 Å². The molecule has 1 aromatic heterocycles. The number of thiazole rings is 1. The molecule has 3 N–H and O–H groups in total. The number of carbonyl (C=O) groups is 1. The SMILES string of the molecule is CCCCOC(=N)c1cccc2c1OB(O)[C@@H](NC(=O)CCc1cncs1)C2. The molecule has 9 heteroatoms. The molecule has 1 aromatic carbocycles. The molecule has 28 heavy (non-hydrogen) atoms. The number of carbonyl (C=O) groups excluding carboxylic acids is 1. The van der Waals surface area contributed by atoms with Gasteiger partial charge in [-0.1, -0.05) is 25.5 Å². The number of hydrogen-bond donors (Lipinski definition) is 3. The molecule has 3 rings (SSSR count). The second-order valence-electron chi connectivity index (χ2n) is 6.68. The monoisotopic (exact) mass is 401 g/mol. The Hall–Kier alpha value is -2.39. The van der Waals surface area contributed by atoms with Gasteiger partial charge in [0.05, 0.1) is 23.6 Å². The molecular weight excluding hydrogens is 377 g/mol. The Kier molecular flexibility index (Phi) is 7.05. The normalized spacial score (nSPS) is 15.5. The molecule has 0 fully saturated rings. The average molecular weight is 401 g/mol. The van der Waals surface area contributed by atoms with E-state index in [1.165, 1.54) is 11.3 Å². The van der Waals surface area contributed by atoms with Gasteiger partial charge >= 0.3 is 7.12 Å². The van der Waals surface area contributed by atoms with E-state index in [-0.39, 0.29) is 11.8 Å². The lowest BCUT2D eigenvalue weighted by Crippen LogP contribution is -2.53. The van der Waals surface area contributed by atoms with Crippen molar-refractivity contribution >= 4 is 30.3 Å². The van der Waals surface area contributed by atoms with E-state index in [0.717, 1.165) is 23.3 Å². The third-order valence-corrected chi connectivity index (χ3v) is 5.38. The predicted octanol–water partition coefficient (Wildman–Crippen LogP) is 2.36. The number of aromatic nitrogens is 1. The Labute approximate surface area is 168 Å². The highest BCUT2D eigenvalue weighted by Gasteiger charge is 2.37. The van der Waals surface area contributed by atoms with Crippen molar-refractivity contribution in [3.05, 3.63) is 45.9 Å². The highest BCUT2D eigenvalue weighted by atomic mass is 32.1. The Bertz CT molecular complexity index is 816. The minimum absolute atomic E-state index is 0.0320. The van der Waals surface area contributed by atoms with Crippen molar-refractivity contribution in [3.8, 4) is 5.75 Å². The Morgan fingerprint density at radius 3 is 3.14 bits per heavy atom. The van der Waals surface area contributed by atoms with Crippen LogP contribution in [0.2, 0.25) is 0 Å². The van der Waals surface area contributed by atoms with Gasteiger partial charge in [0.25, 0.3) is 0 Å². The number of ether oxygens (including phenoxy) is 1. The van der Waals surface area contributed by atoms with E-state index in [1.54, 1.807) is 17.8 Å². The van der Waals surface area contributed by atoms with Crippen molar-refractivity contribution in [2.24, 2.45) is 0 Å². The lowest BCUT2D eigenvalue weighted by Gasteiger charge is -2.29. The molecule has 0 spiro atoms. The van der Waals surface area contributed by atoms with Crippen LogP contribution in [0.25, 0.3) is 0 Å². The van der Waals surface area contributed by atoms with E-state index in [9.17, 15) is 9.82 Å². The standard InChI is InChI=1S/C19H24BN3O4S/c1-2-3-9-26-19(21)15-6-4-5-13-10-16(20(25)27-18(13)15)23-17(24)8-7-14-11-22-12-28-14/h4-6,11-12,16,21,25H,2-3,7-10H2,1H3,(H,23,24)/t16-/m0/s1. The second kappa shape index (κ2) is 9.70. The number of rotatable bonds is 8. The van der Waals surface area contributed by atoms with Crippen LogP contribution in [0.15, 0.2) is 29.9 Å². The summed E-state index contributed by atoms with van der Waals surface area (Å²) in [6, 6.07) is 5.45. The number of para-hydroxylation sites is 1. The average Bonchev–Trinajstić information content (AvgIpc) is 3.20. The van der Waals surface area contributed by atoms with Gasteiger partial charge in [-0.2, -0.15) is 0 Å². The first-order valence-electron chi connectivity index (χ1n) is 9.43. The van der Waals surface area contributed by atoms with Crippen molar-refractivity contribution in [3.63, 3.8) is 0 Å². The summed E-state index contributed by atoms with van der Waals surface area (Å²) in [5.41, 5.74) is 3.09. The molecule has 0 saturated heterocycles. The molecule has 0 bridgehead atoms. The van der Waals surface area contributed by atoms with E-state index < -0.39 is 13.1 Å². The lowest BCUT2D eigenvalue weighted by atomic mass is 9.72. The van der Waals surface area contributed by atoms with E-state index in [0.29, 0.717) is 37.2 Å². The molecule has 1 atom stereocenters. The molecule has 0 saturated carbocycles. The summed E-state index contributed by atoms with van der Waals surface area (Å²) >= 11 is 1.52. The van der Waals surface area contributed by atoms with Crippen molar-refractivity contribution in [1.29, 1.82) is 5.41 Å². The fraction of sp³-hybridized carbons (Fsp3) is 0.421. The molecule has 1 aliphatic heterocycles. The topological polar surface area (TPSA) is 105 Å². The van der Waals surface area contributed by atoms with Crippen LogP contribution in [0.3, 0.4) is 0 Å². The summed E-state index contributed by atoms with van der Waals surface area (Å²) in [5.74, 6) is -0.195. The first-order chi connectivity index (χ1) is 13.6. The number of aryl methyl sites for hydroxylation is 1. The van der Waals surface area contributed by atoms with Crippen LogP contribution in [0, 0.1) is 5.41 Å². The van der Waals surface area contributed by atoms with Gasteiger partial charge in [-0.05, 0) is 30.9 Å². The zero-order valence-electron chi connectivity index (χ0n) is 15.8. The largest absolute Gasteiger partial charge is 0.547 e. The zero-order valence-corrected chi connectivity index (χ0v) is 16.6. The summed E-state index contributed by atoms with van der Waals surface area (Å²) in [4.78, 5) is 17.3. The van der Waals surface area contributed by atoms with Crippen molar-refractivity contribution in [1.82, 2.24) is 10.3 Å². The molecule has 7 nitrogen and oxygen atoms in total. The van der Waals surface area contributed by atoms with Crippen molar-refractivity contribution in [2.75, 3.05) is 6.61 Å². The molecule has 1 amide bonds. The summed E-state index contributed by atoms with van der Waals surface area (Å²) in [5, 5.41) is 21.4. The minimum Gasteiger partial charge on any atom is -0.534 e. The number of nitrogens with zero attached hydrogens (tertiary/aromatic N) is 1. The first kappa shape index (κ1) is 20.4. The highest BCUT2D eigenvalue weighted by Crippen LogP contribution is 2.30. The van der Waals surface area contributed by atoms with Gasteiger partial charge in [0.15, 0.2) is 0 Å². The van der Waals surface area contributed by atoms with Gasteiger partial charge in [-0.3, -0.25) is 15.2 Å². The first-order valence-corrected chi connectivity index (χ1v) is 10.3. The number of nitrogens with one attached hydrogen (secondary N) is 2. The Morgan fingerprint density at radius 1 is 1.54 bits per heavy atom. The number of unbranched alkanes of at least 4 members (excludes halogenated alkanes) is 1. The van der Waals surface area contributed by atoms with Gasteiger partial charge in [0, 0.05) is 17.5 Å². The maximum Gasteiger partial charge on any atom is 0.547 e. The van der Waals surface area contributed by atoms with E-state index >= 15 is 0 Å². The van der Waals surface area contributed by atoms with Crippen LogP contribution < -0.4 is 9.97 Å². The van der Waals surface area contributed by atoms with Gasteiger partial charge in [0.1, 0.15) is 5.75 Å². The number of hydrogen-bond acceptors (Lipinski definition) is 7. The highest BCUT2D eigenvalue weighted by molar-refractivity contribution is 7.09. The second-order valence-corrected chi connectivity index (χ2v) is 7.65. The van der Waals surface area contributed by atoms with E-state index in [2.05, 4.69) is 17.2 Å². The molecule has 2 aromatic rings. The zero-order chi connectivity index (χ0) is 19.9. The molecular formula is C19H24BN3O4S. The molecule has 2 heterocycles. The van der Waals surface area contributed by atoms with Crippen molar-refractivity contribution in [2.45, 2.75) is 45.0 Å².